The van der Waals surface area contributed by atoms with Gasteiger partial charge in [0.15, 0.2) is 0 Å². The molecule has 0 spiro atoms. The normalized spacial score (nSPS) is 28.6. The Balaban J connectivity index is 2.17. The minimum absolute atomic E-state index is 0.105. The van der Waals surface area contributed by atoms with E-state index < -0.39 is 6.10 Å². The molecule has 1 heterocycles. The molecule has 2 rings (SSSR count). The van der Waals surface area contributed by atoms with Crippen LogP contribution in [-0.4, -0.2) is 11.7 Å². The van der Waals surface area contributed by atoms with Crippen molar-refractivity contribution >= 4 is 11.3 Å². The highest BCUT2D eigenvalue weighted by Gasteiger charge is 2.41. The van der Waals surface area contributed by atoms with Crippen LogP contribution in [0.4, 0.5) is 0 Å². The van der Waals surface area contributed by atoms with Gasteiger partial charge in [-0.2, -0.15) is 0 Å². The molecule has 0 aliphatic heterocycles. The Morgan fingerprint density at radius 3 is 2.38 bits per heavy atom. The van der Waals surface area contributed by atoms with E-state index in [2.05, 4.69) is 39.8 Å². The van der Waals surface area contributed by atoms with Gasteiger partial charge < -0.3 is 10.8 Å². The summed E-state index contributed by atoms with van der Waals surface area (Å²) in [5.41, 5.74) is 6.15. The molecule has 1 aliphatic rings. The van der Waals surface area contributed by atoms with Crippen molar-refractivity contribution in [1.29, 1.82) is 0 Å². The molecule has 1 aliphatic carbocycles. The lowest BCUT2D eigenvalue weighted by molar-refractivity contribution is -0.00806. The Labute approximate surface area is 133 Å². The number of nitrogens with two attached hydrogens (primary N) is 1. The van der Waals surface area contributed by atoms with E-state index in [0.29, 0.717) is 6.54 Å². The van der Waals surface area contributed by atoms with Crippen LogP contribution in [0.2, 0.25) is 0 Å². The fraction of sp³-hybridized carbons (Fsp3) is 0.778. The third-order valence-electron chi connectivity index (χ3n) is 5.30. The van der Waals surface area contributed by atoms with Crippen LogP contribution in [-0.2, 0) is 5.41 Å². The molecule has 1 aromatic rings. The number of aliphatic hydroxyl groups excluding tert-OH is 1. The topological polar surface area (TPSA) is 46.2 Å². The minimum atomic E-state index is -0.401. The summed E-state index contributed by atoms with van der Waals surface area (Å²) >= 11 is 1.76. The Morgan fingerprint density at radius 2 is 1.95 bits per heavy atom. The number of rotatable bonds is 4. The molecule has 0 radical (unpaired) electrons. The molecule has 3 heteroatoms. The molecule has 1 aromatic heterocycles. The summed E-state index contributed by atoms with van der Waals surface area (Å²) in [6, 6.07) is 4.28. The fourth-order valence-electron chi connectivity index (χ4n) is 3.45. The van der Waals surface area contributed by atoms with E-state index in [-0.39, 0.29) is 10.8 Å². The van der Waals surface area contributed by atoms with Gasteiger partial charge in [0.1, 0.15) is 0 Å². The van der Waals surface area contributed by atoms with Crippen molar-refractivity contribution in [2.75, 3.05) is 6.54 Å². The Hall–Kier alpha value is -0.380. The summed E-state index contributed by atoms with van der Waals surface area (Å²) in [5.74, 6) is 0.824. The Bertz CT molecular complexity index is 452. The summed E-state index contributed by atoms with van der Waals surface area (Å²) in [4.78, 5) is 2.44. The van der Waals surface area contributed by atoms with Crippen LogP contribution in [0.3, 0.4) is 0 Å². The van der Waals surface area contributed by atoms with E-state index in [9.17, 15) is 5.11 Å². The summed E-state index contributed by atoms with van der Waals surface area (Å²) in [6.07, 6.45) is 5.40. The van der Waals surface area contributed by atoms with Crippen molar-refractivity contribution in [2.45, 2.75) is 71.3 Å². The van der Waals surface area contributed by atoms with E-state index in [0.717, 1.165) is 23.6 Å². The lowest BCUT2D eigenvalue weighted by Gasteiger charge is -2.42. The molecule has 120 valence electrons. The molecule has 21 heavy (non-hydrogen) atoms. The van der Waals surface area contributed by atoms with E-state index in [4.69, 9.17) is 5.73 Å². The molecule has 0 aromatic carbocycles. The second kappa shape index (κ2) is 6.39. The first kappa shape index (κ1) is 17.0. The van der Waals surface area contributed by atoms with Crippen LogP contribution < -0.4 is 5.73 Å². The first-order valence-corrected chi connectivity index (χ1v) is 9.12. The van der Waals surface area contributed by atoms with Crippen molar-refractivity contribution in [2.24, 2.45) is 17.1 Å². The lowest BCUT2D eigenvalue weighted by Crippen LogP contribution is -2.39. The molecule has 0 bridgehead atoms. The van der Waals surface area contributed by atoms with Gasteiger partial charge >= 0.3 is 0 Å². The number of aliphatic hydroxyl groups is 1. The van der Waals surface area contributed by atoms with Crippen molar-refractivity contribution in [3.05, 3.63) is 21.9 Å². The van der Waals surface area contributed by atoms with Gasteiger partial charge in [0.25, 0.3) is 0 Å². The van der Waals surface area contributed by atoms with Crippen molar-refractivity contribution in [1.82, 2.24) is 0 Å². The molecule has 1 atom stereocenters. The average molecular weight is 310 g/mol. The van der Waals surface area contributed by atoms with Crippen LogP contribution >= 0.6 is 11.3 Å². The third-order valence-corrected chi connectivity index (χ3v) is 6.86. The maximum atomic E-state index is 11.0. The second-order valence-corrected chi connectivity index (χ2v) is 8.89. The zero-order valence-corrected chi connectivity index (χ0v) is 14.8. The monoisotopic (exact) mass is 309 g/mol. The largest absolute Gasteiger partial charge is 0.387 e. The molecular formula is C18H31NOS. The predicted molar refractivity (Wildman–Crippen MR) is 91.7 cm³/mol. The van der Waals surface area contributed by atoms with E-state index in [1.54, 1.807) is 11.3 Å². The Morgan fingerprint density at radius 1 is 1.33 bits per heavy atom. The molecule has 0 amide bonds. The first-order chi connectivity index (χ1) is 9.82. The second-order valence-electron chi connectivity index (χ2n) is 7.77. The van der Waals surface area contributed by atoms with Gasteiger partial charge in [-0.05, 0) is 49.1 Å². The molecule has 1 unspecified atom stereocenters. The number of hydrogen-bond donors (Lipinski definition) is 2. The number of thiophene rings is 1. The van der Waals surface area contributed by atoms with Gasteiger partial charge in [-0.25, -0.2) is 0 Å². The third kappa shape index (κ3) is 3.52. The maximum absolute atomic E-state index is 11.0. The first-order valence-electron chi connectivity index (χ1n) is 8.31. The number of hydrogen-bond acceptors (Lipinski definition) is 3. The zero-order valence-electron chi connectivity index (χ0n) is 14.0. The zero-order chi connectivity index (χ0) is 15.7. The fourth-order valence-corrected chi connectivity index (χ4v) is 4.65. The predicted octanol–water partition coefficient (Wildman–Crippen LogP) is 4.62. The van der Waals surface area contributed by atoms with Gasteiger partial charge in [-0.3, -0.25) is 0 Å². The van der Waals surface area contributed by atoms with Crippen molar-refractivity contribution in [3.8, 4) is 0 Å². The highest BCUT2D eigenvalue weighted by molar-refractivity contribution is 7.12. The van der Waals surface area contributed by atoms with E-state index in [1.807, 2.05) is 0 Å². The van der Waals surface area contributed by atoms with Crippen LogP contribution in [0, 0.1) is 11.3 Å². The van der Waals surface area contributed by atoms with Crippen molar-refractivity contribution < 1.29 is 5.11 Å². The molecule has 3 N–H and O–H groups in total. The maximum Gasteiger partial charge on any atom is 0.0950 e. The van der Waals surface area contributed by atoms with Crippen LogP contribution in [0.1, 0.15) is 75.7 Å². The van der Waals surface area contributed by atoms with Gasteiger partial charge in [0.2, 0.25) is 0 Å². The molecular weight excluding hydrogens is 278 g/mol. The van der Waals surface area contributed by atoms with Crippen molar-refractivity contribution in [3.63, 3.8) is 0 Å². The van der Waals surface area contributed by atoms with Crippen LogP contribution in [0.15, 0.2) is 12.1 Å². The highest BCUT2D eigenvalue weighted by atomic mass is 32.1. The standard InChI is InChI=1S/C18H31NOS/c1-5-13-8-10-18(12-19,11-9-13)16(20)14-6-7-15(21-14)17(2,3)4/h6-7,13,16,20H,5,8-12,19H2,1-4H3. The molecule has 0 saturated heterocycles. The molecule has 1 saturated carbocycles. The lowest BCUT2D eigenvalue weighted by atomic mass is 9.66. The Kier molecular flexibility index (Phi) is 5.17. The highest BCUT2D eigenvalue weighted by Crippen LogP contribution is 2.49. The minimum Gasteiger partial charge on any atom is -0.387 e. The smallest absolute Gasteiger partial charge is 0.0950 e. The summed E-state index contributed by atoms with van der Waals surface area (Å²) in [5, 5.41) is 11.0. The van der Waals surface area contributed by atoms with E-state index >= 15 is 0 Å². The summed E-state index contributed by atoms with van der Waals surface area (Å²) in [7, 11) is 0. The van der Waals surface area contributed by atoms with Gasteiger partial charge in [-0.15, -0.1) is 11.3 Å². The van der Waals surface area contributed by atoms with Gasteiger partial charge in [0.05, 0.1) is 6.10 Å². The molecule has 1 fully saturated rings. The SMILES string of the molecule is CCC1CCC(CN)(C(O)c2ccc(C(C)(C)C)s2)CC1. The van der Waals surface area contributed by atoms with Crippen LogP contribution in [0.5, 0.6) is 0 Å². The van der Waals surface area contributed by atoms with Crippen LogP contribution in [0.25, 0.3) is 0 Å². The van der Waals surface area contributed by atoms with E-state index in [1.165, 1.54) is 24.1 Å². The van der Waals surface area contributed by atoms with Gasteiger partial charge in [0, 0.05) is 21.7 Å². The van der Waals surface area contributed by atoms with Gasteiger partial charge in [-0.1, -0.05) is 34.1 Å². The molecule has 2 nitrogen and oxygen atoms in total. The summed E-state index contributed by atoms with van der Waals surface area (Å²) in [6.45, 7) is 9.53. The summed E-state index contributed by atoms with van der Waals surface area (Å²) < 4.78 is 0. The average Bonchev–Trinajstić information content (AvgIpc) is 2.96. The quantitative estimate of drug-likeness (QED) is 0.852.